The summed E-state index contributed by atoms with van der Waals surface area (Å²) in [5, 5.41) is 0. The van der Waals surface area contributed by atoms with E-state index in [1.54, 1.807) is 0 Å². The molecule has 3 nitrogen and oxygen atoms in total. The monoisotopic (exact) mass is 159 g/mol. The molecule has 0 fully saturated rings. The maximum absolute atomic E-state index is 9.66. The van der Waals surface area contributed by atoms with E-state index >= 15 is 0 Å². The average molecular weight is 159 g/mol. The van der Waals surface area contributed by atoms with Crippen LogP contribution in [0.4, 0.5) is 0 Å². The first-order valence-electron chi connectivity index (χ1n) is 3.85. The van der Waals surface area contributed by atoms with E-state index < -0.39 is 0 Å². The second kappa shape index (κ2) is 6.16. The first-order valence-corrected chi connectivity index (χ1v) is 3.85. The third-order valence-electron chi connectivity index (χ3n) is 1.42. The summed E-state index contributed by atoms with van der Waals surface area (Å²) in [6.45, 7) is 7.54. The lowest BCUT2D eigenvalue weighted by Gasteiger charge is -2.16. The Bertz CT molecular complexity index is 104. The minimum absolute atomic E-state index is 0.0357. The summed E-state index contributed by atoms with van der Waals surface area (Å²) in [6.07, 6.45) is 1.15. The molecule has 0 amide bonds. The fourth-order valence-electron chi connectivity index (χ4n) is 0.683. The second-order valence-electron chi connectivity index (χ2n) is 2.56. The standard InChI is InChI=1S/C8H15O3/c1-4-7(2)11-8(3)5-10-6-9/h7-8H,4-5H2,1-3H3. The molecule has 0 saturated heterocycles. The molecule has 0 bridgehead atoms. The highest BCUT2D eigenvalue weighted by molar-refractivity contribution is 5.38. The Hall–Kier alpha value is -0.570. The SMILES string of the molecule is CCC(C)OC(C)CO[C]=O. The maximum Gasteiger partial charge on any atom is 0.417 e. The van der Waals surface area contributed by atoms with Gasteiger partial charge < -0.3 is 9.47 Å². The van der Waals surface area contributed by atoms with Crippen LogP contribution in [0.5, 0.6) is 0 Å². The van der Waals surface area contributed by atoms with Crippen molar-refractivity contribution in [2.24, 2.45) is 0 Å². The molecule has 0 N–H and O–H groups in total. The van der Waals surface area contributed by atoms with Gasteiger partial charge in [-0.25, -0.2) is 4.79 Å². The molecule has 0 spiro atoms. The highest BCUT2D eigenvalue weighted by Gasteiger charge is 2.06. The van der Waals surface area contributed by atoms with Crippen molar-refractivity contribution in [1.82, 2.24) is 0 Å². The number of hydrogen-bond donors (Lipinski definition) is 0. The van der Waals surface area contributed by atoms with Gasteiger partial charge in [0.2, 0.25) is 0 Å². The minimum atomic E-state index is -0.0357. The Labute approximate surface area is 67.7 Å². The summed E-state index contributed by atoms with van der Waals surface area (Å²) in [4.78, 5) is 9.66. The van der Waals surface area contributed by atoms with E-state index in [4.69, 9.17) is 4.74 Å². The van der Waals surface area contributed by atoms with Crippen LogP contribution < -0.4 is 0 Å². The zero-order chi connectivity index (χ0) is 8.69. The molecule has 1 radical (unpaired) electrons. The van der Waals surface area contributed by atoms with Gasteiger partial charge >= 0.3 is 6.47 Å². The van der Waals surface area contributed by atoms with Crippen LogP contribution in [0.25, 0.3) is 0 Å². The molecule has 0 aliphatic heterocycles. The third kappa shape index (κ3) is 5.85. The highest BCUT2D eigenvalue weighted by Crippen LogP contribution is 2.01. The highest BCUT2D eigenvalue weighted by atomic mass is 16.6. The molecule has 65 valence electrons. The van der Waals surface area contributed by atoms with Crippen LogP contribution >= 0.6 is 0 Å². The summed E-state index contributed by atoms with van der Waals surface area (Å²) in [6, 6.07) is 0. The van der Waals surface area contributed by atoms with Crippen molar-refractivity contribution in [3.63, 3.8) is 0 Å². The smallest absolute Gasteiger partial charge is 0.417 e. The molecule has 0 aromatic carbocycles. The van der Waals surface area contributed by atoms with Gasteiger partial charge in [0, 0.05) is 0 Å². The lowest BCUT2D eigenvalue weighted by molar-refractivity contribution is -0.0192. The molecular formula is C8H15O3. The van der Waals surface area contributed by atoms with Crippen LogP contribution in [0.1, 0.15) is 27.2 Å². The van der Waals surface area contributed by atoms with Crippen LogP contribution in [0.15, 0.2) is 0 Å². The van der Waals surface area contributed by atoms with E-state index in [1.807, 2.05) is 20.8 Å². The fraction of sp³-hybridized carbons (Fsp3) is 0.875. The van der Waals surface area contributed by atoms with Crippen LogP contribution in [0, 0.1) is 0 Å². The topological polar surface area (TPSA) is 35.5 Å². The van der Waals surface area contributed by atoms with Gasteiger partial charge in [0.05, 0.1) is 12.2 Å². The van der Waals surface area contributed by atoms with Gasteiger partial charge in [0.15, 0.2) is 0 Å². The molecule has 0 aliphatic carbocycles. The molecule has 11 heavy (non-hydrogen) atoms. The lowest BCUT2D eigenvalue weighted by atomic mass is 10.3. The summed E-state index contributed by atoms with van der Waals surface area (Å²) < 4.78 is 9.81. The molecule has 0 aliphatic rings. The van der Waals surface area contributed by atoms with E-state index in [0.29, 0.717) is 0 Å². The summed E-state index contributed by atoms with van der Waals surface area (Å²) in [5.41, 5.74) is 0. The van der Waals surface area contributed by atoms with Crippen molar-refractivity contribution in [2.45, 2.75) is 39.4 Å². The zero-order valence-corrected chi connectivity index (χ0v) is 7.29. The number of ether oxygens (including phenoxy) is 2. The van der Waals surface area contributed by atoms with Crippen molar-refractivity contribution >= 4 is 6.47 Å². The molecule has 0 aromatic rings. The van der Waals surface area contributed by atoms with Gasteiger partial charge in [-0.2, -0.15) is 0 Å². The average Bonchev–Trinajstić information content (AvgIpc) is 2.00. The van der Waals surface area contributed by atoms with Crippen molar-refractivity contribution < 1.29 is 14.3 Å². The number of hydrogen-bond acceptors (Lipinski definition) is 3. The molecule has 0 aromatic heterocycles. The molecule has 0 heterocycles. The number of carbonyl (C=O) groups excluding carboxylic acids is 1. The Morgan fingerprint density at radius 3 is 2.45 bits per heavy atom. The zero-order valence-electron chi connectivity index (χ0n) is 7.29. The summed E-state index contributed by atoms with van der Waals surface area (Å²) in [7, 11) is 0. The molecular weight excluding hydrogens is 144 g/mol. The molecule has 0 saturated carbocycles. The molecule has 2 atom stereocenters. The van der Waals surface area contributed by atoms with E-state index in [-0.39, 0.29) is 18.8 Å². The predicted octanol–water partition coefficient (Wildman–Crippen LogP) is 1.27. The molecule has 2 unspecified atom stereocenters. The quantitative estimate of drug-likeness (QED) is 0.585. The van der Waals surface area contributed by atoms with Gasteiger partial charge in [-0.1, -0.05) is 6.92 Å². The van der Waals surface area contributed by atoms with Crippen molar-refractivity contribution in [1.29, 1.82) is 0 Å². The fourth-order valence-corrected chi connectivity index (χ4v) is 0.683. The van der Waals surface area contributed by atoms with Crippen molar-refractivity contribution in [3.8, 4) is 0 Å². The number of rotatable bonds is 6. The van der Waals surface area contributed by atoms with Crippen LogP contribution in [0.3, 0.4) is 0 Å². The van der Waals surface area contributed by atoms with E-state index in [1.165, 1.54) is 6.47 Å². The second-order valence-corrected chi connectivity index (χ2v) is 2.56. The lowest BCUT2D eigenvalue weighted by Crippen LogP contribution is -2.21. The van der Waals surface area contributed by atoms with E-state index in [0.717, 1.165) is 6.42 Å². The first kappa shape index (κ1) is 10.4. The summed E-state index contributed by atoms with van der Waals surface area (Å²) in [5.74, 6) is 0. The van der Waals surface area contributed by atoms with Crippen LogP contribution in [0.2, 0.25) is 0 Å². The Balaban J connectivity index is 3.34. The van der Waals surface area contributed by atoms with E-state index in [2.05, 4.69) is 4.74 Å². The maximum atomic E-state index is 9.66. The third-order valence-corrected chi connectivity index (χ3v) is 1.42. The summed E-state index contributed by atoms with van der Waals surface area (Å²) >= 11 is 0. The largest absolute Gasteiger partial charge is 0.455 e. The molecule has 3 heteroatoms. The first-order chi connectivity index (χ1) is 5.20. The van der Waals surface area contributed by atoms with Gasteiger partial charge in [-0.15, -0.1) is 0 Å². The van der Waals surface area contributed by atoms with Crippen LogP contribution in [-0.4, -0.2) is 25.3 Å². The van der Waals surface area contributed by atoms with Gasteiger partial charge in [0.1, 0.15) is 6.61 Å². The van der Waals surface area contributed by atoms with Gasteiger partial charge in [-0.05, 0) is 20.3 Å². The van der Waals surface area contributed by atoms with Crippen molar-refractivity contribution in [3.05, 3.63) is 0 Å². The molecule has 0 rings (SSSR count). The van der Waals surface area contributed by atoms with Gasteiger partial charge in [0.25, 0.3) is 0 Å². The predicted molar refractivity (Wildman–Crippen MR) is 41.9 cm³/mol. The Kier molecular flexibility index (Phi) is 5.84. The Morgan fingerprint density at radius 2 is 2.00 bits per heavy atom. The van der Waals surface area contributed by atoms with Crippen molar-refractivity contribution in [2.75, 3.05) is 6.61 Å². The minimum Gasteiger partial charge on any atom is -0.455 e. The van der Waals surface area contributed by atoms with Gasteiger partial charge in [-0.3, -0.25) is 0 Å². The van der Waals surface area contributed by atoms with E-state index in [9.17, 15) is 4.79 Å². The Morgan fingerprint density at radius 1 is 1.36 bits per heavy atom. The van der Waals surface area contributed by atoms with Crippen LogP contribution in [-0.2, 0) is 14.3 Å². The normalized spacial score (nSPS) is 15.5.